The van der Waals surface area contributed by atoms with Crippen molar-refractivity contribution < 1.29 is 18.3 Å². The minimum absolute atomic E-state index is 0.0316. The van der Waals surface area contributed by atoms with Crippen molar-refractivity contribution in [1.82, 2.24) is 10.2 Å². The Morgan fingerprint density at radius 1 is 1.38 bits per heavy atom. The van der Waals surface area contributed by atoms with Gasteiger partial charge in [0.25, 0.3) is 10.0 Å². The van der Waals surface area contributed by atoms with E-state index in [1.54, 1.807) is 13.8 Å². The molecule has 1 heterocycles. The summed E-state index contributed by atoms with van der Waals surface area (Å²) in [4.78, 5) is 11.1. The number of anilines is 1. The summed E-state index contributed by atoms with van der Waals surface area (Å²) in [5.41, 5.74) is 0.887. The van der Waals surface area contributed by atoms with E-state index in [0.717, 1.165) is 0 Å². The van der Waals surface area contributed by atoms with Crippen LogP contribution in [0.1, 0.15) is 21.7 Å². The molecule has 9 heteroatoms. The van der Waals surface area contributed by atoms with Crippen LogP contribution in [0.2, 0.25) is 0 Å². The average Bonchev–Trinajstić information content (AvgIpc) is 2.71. The number of carboxylic acids is 1. The Balaban J connectivity index is 2.42. The number of nitrogens with one attached hydrogen (secondary N) is 2. The third kappa shape index (κ3) is 3.08. The number of halogens is 1. The zero-order chi connectivity index (χ0) is 15.8. The van der Waals surface area contributed by atoms with E-state index in [4.69, 9.17) is 5.11 Å². The first-order valence-electron chi connectivity index (χ1n) is 5.79. The quantitative estimate of drug-likeness (QED) is 0.760. The number of rotatable bonds is 4. The lowest BCUT2D eigenvalue weighted by Gasteiger charge is -2.09. The van der Waals surface area contributed by atoms with E-state index < -0.39 is 16.0 Å². The number of benzene rings is 1. The van der Waals surface area contributed by atoms with Gasteiger partial charge in [-0.3, -0.25) is 9.82 Å². The molecule has 0 radical (unpaired) electrons. The number of carbonyl (C=O) groups is 1. The van der Waals surface area contributed by atoms with Crippen molar-refractivity contribution in [3.8, 4) is 0 Å². The van der Waals surface area contributed by atoms with Crippen LogP contribution in [-0.2, 0) is 10.0 Å². The number of aromatic carboxylic acids is 1. The number of H-pyrrole nitrogens is 1. The van der Waals surface area contributed by atoms with Crippen molar-refractivity contribution in [2.45, 2.75) is 18.7 Å². The molecule has 3 N–H and O–H groups in total. The number of aryl methyl sites for hydroxylation is 2. The molecule has 0 aliphatic rings. The largest absolute Gasteiger partial charge is 0.478 e. The van der Waals surface area contributed by atoms with Crippen molar-refractivity contribution in [1.29, 1.82) is 0 Å². The first-order valence-corrected chi connectivity index (χ1v) is 8.07. The van der Waals surface area contributed by atoms with Gasteiger partial charge in [0.1, 0.15) is 4.90 Å². The molecule has 0 saturated carbocycles. The number of hydrogen-bond donors (Lipinski definition) is 3. The average molecular weight is 374 g/mol. The molecule has 0 atom stereocenters. The monoisotopic (exact) mass is 373 g/mol. The molecule has 0 unspecified atom stereocenters. The van der Waals surface area contributed by atoms with E-state index in [1.807, 2.05) is 0 Å². The van der Waals surface area contributed by atoms with Crippen LogP contribution < -0.4 is 4.72 Å². The molecule has 2 rings (SSSR count). The first kappa shape index (κ1) is 15.5. The van der Waals surface area contributed by atoms with Crippen LogP contribution >= 0.6 is 15.9 Å². The van der Waals surface area contributed by atoms with E-state index in [9.17, 15) is 13.2 Å². The van der Waals surface area contributed by atoms with Crippen LogP contribution in [0.25, 0.3) is 0 Å². The number of aromatic nitrogens is 2. The van der Waals surface area contributed by atoms with Gasteiger partial charge in [-0.1, -0.05) is 0 Å². The molecule has 112 valence electrons. The number of aromatic amines is 1. The molecule has 0 aliphatic heterocycles. The van der Waals surface area contributed by atoms with Gasteiger partial charge < -0.3 is 5.11 Å². The van der Waals surface area contributed by atoms with Crippen molar-refractivity contribution in [3.05, 3.63) is 39.6 Å². The Bertz CT molecular complexity index is 794. The summed E-state index contributed by atoms with van der Waals surface area (Å²) in [5.74, 6) is -1.15. The van der Waals surface area contributed by atoms with Crippen LogP contribution in [0, 0.1) is 13.8 Å². The second-order valence-electron chi connectivity index (χ2n) is 4.37. The second-order valence-corrected chi connectivity index (χ2v) is 6.84. The Morgan fingerprint density at radius 2 is 2.05 bits per heavy atom. The number of hydrogen-bond acceptors (Lipinski definition) is 4. The predicted molar refractivity (Wildman–Crippen MR) is 80.0 cm³/mol. The van der Waals surface area contributed by atoms with Crippen LogP contribution in [-0.4, -0.2) is 29.7 Å². The topological polar surface area (TPSA) is 112 Å². The molecule has 0 saturated heterocycles. The second kappa shape index (κ2) is 5.49. The van der Waals surface area contributed by atoms with Gasteiger partial charge in [0, 0.05) is 10.2 Å². The van der Waals surface area contributed by atoms with Gasteiger partial charge in [-0.15, -0.1) is 0 Å². The van der Waals surface area contributed by atoms with Crippen molar-refractivity contribution in [2.75, 3.05) is 4.72 Å². The van der Waals surface area contributed by atoms with E-state index in [2.05, 4.69) is 30.8 Å². The lowest BCUT2D eigenvalue weighted by atomic mass is 10.2. The van der Waals surface area contributed by atoms with Crippen LogP contribution in [0.15, 0.2) is 27.6 Å². The molecule has 1 aromatic carbocycles. The van der Waals surface area contributed by atoms with Crippen molar-refractivity contribution in [2.24, 2.45) is 0 Å². The maximum Gasteiger partial charge on any atom is 0.336 e. The van der Waals surface area contributed by atoms with Gasteiger partial charge in [0.2, 0.25) is 0 Å². The number of carboxylic acid groups (broad SMARTS) is 1. The summed E-state index contributed by atoms with van der Waals surface area (Å²) in [6.07, 6.45) is 0. The molecule has 0 spiro atoms. The maximum absolute atomic E-state index is 12.3. The van der Waals surface area contributed by atoms with E-state index >= 15 is 0 Å². The molecular weight excluding hydrogens is 362 g/mol. The summed E-state index contributed by atoms with van der Waals surface area (Å²) >= 11 is 3.10. The summed E-state index contributed by atoms with van der Waals surface area (Å²) in [6, 6.07) is 4.18. The fraction of sp³-hybridized carbons (Fsp3) is 0.167. The Kier molecular flexibility index (Phi) is 4.06. The third-order valence-electron chi connectivity index (χ3n) is 2.78. The highest BCUT2D eigenvalue weighted by atomic mass is 79.9. The fourth-order valence-corrected chi connectivity index (χ4v) is 3.73. The van der Waals surface area contributed by atoms with E-state index in [-0.39, 0.29) is 16.1 Å². The summed E-state index contributed by atoms with van der Waals surface area (Å²) in [6.45, 7) is 3.17. The van der Waals surface area contributed by atoms with Gasteiger partial charge >= 0.3 is 5.97 Å². The number of sulfonamides is 1. The normalized spacial score (nSPS) is 11.4. The Labute approximate surface area is 129 Å². The van der Waals surface area contributed by atoms with Gasteiger partial charge in [-0.2, -0.15) is 5.10 Å². The molecule has 2 aromatic rings. The molecule has 1 aromatic heterocycles. The molecule has 0 amide bonds. The molecule has 0 bridgehead atoms. The molecule has 0 aliphatic carbocycles. The van der Waals surface area contributed by atoms with Crippen molar-refractivity contribution in [3.63, 3.8) is 0 Å². The van der Waals surface area contributed by atoms with E-state index in [1.165, 1.54) is 18.2 Å². The van der Waals surface area contributed by atoms with Gasteiger partial charge in [0.15, 0.2) is 0 Å². The highest BCUT2D eigenvalue weighted by Crippen LogP contribution is 2.25. The van der Waals surface area contributed by atoms with Gasteiger partial charge in [-0.25, -0.2) is 13.2 Å². The molecular formula is C12H12BrN3O4S. The fourth-order valence-electron chi connectivity index (χ4n) is 1.90. The SMILES string of the molecule is Cc1n[nH]c(C)c1S(=O)(=O)Nc1ccc(Br)c(C(=O)O)c1. The third-order valence-corrected chi connectivity index (χ3v) is 5.11. The standard InChI is InChI=1S/C12H12BrN3O4S/c1-6-11(7(2)15-14-6)21(19,20)16-8-3-4-10(13)9(5-8)12(17)18/h3-5,16H,1-2H3,(H,14,15)(H,17,18). The van der Waals surface area contributed by atoms with Gasteiger partial charge in [0.05, 0.1) is 17.0 Å². The minimum Gasteiger partial charge on any atom is -0.478 e. The summed E-state index contributed by atoms with van der Waals surface area (Å²) in [7, 11) is -3.84. The predicted octanol–water partition coefficient (Wildman–Crippen LogP) is 2.29. The molecule has 7 nitrogen and oxygen atoms in total. The first-order chi connectivity index (χ1) is 9.72. The summed E-state index contributed by atoms with van der Waals surface area (Å²) in [5, 5.41) is 15.5. The van der Waals surface area contributed by atoms with Crippen LogP contribution in [0.3, 0.4) is 0 Å². The highest BCUT2D eigenvalue weighted by Gasteiger charge is 2.23. The highest BCUT2D eigenvalue weighted by molar-refractivity contribution is 9.10. The van der Waals surface area contributed by atoms with Crippen LogP contribution in [0.5, 0.6) is 0 Å². The molecule has 0 fully saturated rings. The van der Waals surface area contributed by atoms with Gasteiger partial charge in [-0.05, 0) is 48.0 Å². The summed E-state index contributed by atoms with van der Waals surface area (Å²) < 4.78 is 27.4. The Morgan fingerprint density at radius 3 is 2.57 bits per heavy atom. The maximum atomic E-state index is 12.3. The minimum atomic E-state index is -3.84. The lowest BCUT2D eigenvalue weighted by molar-refractivity contribution is 0.0696. The number of nitrogens with zero attached hydrogens (tertiary/aromatic N) is 1. The molecule has 21 heavy (non-hydrogen) atoms. The zero-order valence-corrected chi connectivity index (χ0v) is 13.5. The lowest BCUT2D eigenvalue weighted by Crippen LogP contribution is -2.15. The smallest absolute Gasteiger partial charge is 0.336 e. The van der Waals surface area contributed by atoms with E-state index in [0.29, 0.717) is 15.9 Å². The van der Waals surface area contributed by atoms with Crippen molar-refractivity contribution >= 4 is 37.6 Å². The zero-order valence-electron chi connectivity index (χ0n) is 11.1. The Hall–Kier alpha value is -1.87. The van der Waals surface area contributed by atoms with Crippen LogP contribution in [0.4, 0.5) is 5.69 Å².